The molecule has 1 aliphatic rings. The second-order valence-electron chi connectivity index (χ2n) is 4.55. The fourth-order valence-corrected chi connectivity index (χ4v) is 2.27. The van der Waals surface area contributed by atoms with Crippen LogP contribution in [0.1, 0.15) is 28.3 Å². The highest BCUT2D eigenvalue weighted by Crippen LogP contribution is 2.36. The third-order valence-corrected chi connectivity index (χ3v) is 3.37. The van der Waals surface area contributed by atoms with Crippen LogP contribution in [0.4, 0.5) is 0 Å². The third kappa shape index (κ3) is 1.94. The molecule has 0 aliphatic heterocycles. The van der Waals surface area contributed by atoms with Crippen molar-refractivity contribution in [1.29, 1.82) is 0 Å². The van der Waals surface area contributed by atoms with Gasteiger partial charge in [-0.1, -0.05) is 54.6 Å². The average Bonchev–Trinajstić information content (AvgIpc) is 2.40. The summed E-state index contributed by atoms with van der Waals surface area (Å²) in [6, 6.07) is 16.7. The van der Waals surface area contributed by atoms with Gasteiger partial charge < -0.3 is 4.85 Å². The van der Waals surface area contributed by atoms with Crippen LogP contribution in [0.3, 0.4) is 0 Å². The molecule has 86 valence electrons. The zero-order chi connectivity index (χ0) is 12.4. The highest BCUT2D eigenvalue weighted by atomic mass is 14.7. The Morgan fingerprint density at radius 3 is 2.56 bits per heavy atom. The number of hydrogen-bond donors (Lipinski definition) is 0. The molecule has 0 saturated carbocycles. The molecule has 1 aliphatic carbocycles. The summed E-state index contributed by atoms with van der Waals surface area (Å²) in [4.78, 5) is 3.62. The lowest BCUT2D eigenvalue weighted by atomic mass is 9.82. The Morgan fingerprint density at radius 1 is 1.00 bits per heavy atom. The first-order chi connectivity index (χ1) is 8.86. The molecular weight excluding hydrogens is 218 g/mol. The van der Waals surface area contributed by atoms with Crippen LogP contribution in [0.15, 0.2) is 48.5 Å². The van der Waals surface area contributed by atoms with E-state index < -0.39 is 0 Å². The summed E-state index contributed by atoms with van der Waals surface area (Å²) in [6.07, 6.45) is 5.13. The Balaban J connectivity index is 1.85. The maximum atomic E-state index is 7.10. The molecule has 1 heteroatoms. The fraction of sp³-hybridized carbons (Fsp3) is 0.118. The summed E-state index contributed by atoms with van der Waals surface area (Å²) in [6.45, 7) is 7.10. The molecule has 0 spiro atoms. The van der Waals surface area contributed by atoms with Gasteiger partial charge in [0.05, 0.1) is 6.42 Å². The van der Waals surface area contributed by atoms with E-state index in [2.05, 4.69) is 47.3 Å². The van der Waals surface area contributed by atoms with Crippen molar-refractivity contribution in [1.82, 2.24) is 0 Å². The standard InChI is InChI=1S/C17H13N/c1-18-17-12-15-10-9-14(11-16(15)17)8-7-13-5-3-2-4-6-13/h2-11,17H,12H2/b8-7+. The van der Waals surface area contributed by atoms with Crippen molar-refractivity contribution in [3.8, 4) is 0 Å². The first kappa shape index (κ1) is 10.8. The minimum atomic E-state index is 0.0880. The summed E-state index contributed by atoms with van der Waals surface area (Å²) in [5.41, 5.74) is 4.90. The van der Waals surface area contributed by atoms with E-state index in [-0.39, 0.29) is 6.04 Å². The highest BCUT2D eigenvalue weighted by Gasteiger charge is 2.30. The minimum absolute atomic E-state index is 0.0880. The molecule has 0 heterocycles. The zero-order valence-electron chi connectivity index (χ0n) is 10.0. The van der Waals surface area contributed by atoms with Crippen LogP contribution >= 0.6 is 0 Å². The van der Waals surface area contributed by atoms with Crippen LogP contribution in [0.25, 0.3) is 17.0 Å². The van der Waals surface area contributed by atoms with Crippen LogP contribution < -0.4 is 0 Å². The third-order valence-electron chi connectivity index (χ3n) is 3.37. The van der Waals surface area contributed by atoms with E-state index in [4.69, 9.17) is 6.57 Å². The topological polar surface area (TPSA) is 4.36 Å². The summed E-state index contributed by atoms with van der Waals surface area (Å²) < 4.78 is 0. The molecule has 0 N–H and O–H groups in total. The molecule has 0 fully saturated rings. The Labute approximate surface area is 107 Å². The van der Waals surface area contributed by atoms with Crippen LogP contribution in [-0.2, 0) is 6.42 Å². The van der Waals surface area contributed by atoms with Gasteiger partial charge >= 0.3 is 0 Å². The zero-order valence-corrected chi connectivity index (χ0v) is 10.0. The molecule has 1 unspecified atom stereocenters. The van der Waals surface area contributed by atoms with E-state index in [1.165, 1.54) is 22.3 Å². The summed E-state index contributed by atoms with van der Waals surface area (Å²) >= 11 is 0. The highest BCUT2D eigenvalue weighted by molar-refractivity contribution is 5.70. The lowest BCUT2D eigenvalue weighted by Gasteiger charge is -2.20. The Kier molecular flexibility index (Phi) is 2.70. The monoisotopic (exact) mass is 231 g/mol. The number of nitrogens with zero attached hydrogens (tertiary/aromatic N) is 1. The van der Waals surface area contributed by atoms with Gasteiger partial charge in [-0.05, 0) is 22.8 Å². The molecule has 0 aromatic heterocycles. The van der Waals surface area contributed by atoms with Gasteiger partial charge in [0, 0.05) is 5.56 Å². The van der Waals surface area contributed by atoms with Gasteiger partial charge in [0.15, 0.2) is 0 Å². The Hall–Kier alpha value is -2.33. The van der Waals surface area contributed by atoms with Crippen molar-refractivity contribution in [2.24, 2.45) is 0 Å². The van der Waals surface area contributed by atoms with Crippen LogP contribution in [0.2, 0.25) is 0 Å². The van der Waals surface area contributed by atoms with Crippen LogP contribution in [0, 0.1) is 6.57 Å². The molecule has 1 atom stereocenters. The van der Waals surface area contributed by atoms with E-state index in [0.29, 0.717) is 0 Å². The molecule has 0 saturated heterocycles. The molecule has 0 radical (unpaired) electrons. The smallest absolute Gasteiger partial charge is 0.253 e. The molecule has 1 nitrogen and oxygen atoms in total. The van der Waals surface area contributed by atoms with Crippen molar-refractivity contribution in [3.63, 3.8) is 0 Å². The molecule has 2 aromatic rings. The number of benzene rings is 2. The maximum Gasteiger partial charge on any atom is 0.253 e. The average molecular weight is 231 g/mol. The van der Waals surface area contributed by atoms with Crippen molar-refractivity contribution >= 4 is 12.2 Å². The van der Waals surface area contributed by atoms with Crippen molar-refractivity contribution < 1.29 is 0 Å². The van der Waals surface area contributed by atoms with Crippen LogP contribution in [0.5, 0.6) is 0 Å². The SMILES string of the molecule is [C-]#[N+]C1Cc2ccc(/C=C/c3ccccc3)cc21. The summed E-state index contributed by atoms with van der Waals surface area (Å²) in [5, 5.41) is 0. The lowest BCUT2D eigenvalue weighted by molar-refractivity contribution is 0.727. The predicted octanol–water partition coefficient (Wildman–Crippen LogP) is 4.37. The molecule has 0 bridgehead atoms. The van der Waals surface area contributed by atoms with E-state index in [0.717, 1.165) is 6.42 Å². The first-order valence-electron chi connectivity index (χ1n) is 6.09. The minimum Gasteiger partial charge on any atom is -0.308 e. The second kappa shape index (κ2) is 4.50. The van der Waals surface area contributed by atoms with Gasteiger partial charge in [0.2, 0.25) is 0 Å². The van der Waals surface area contributed by atoms with Crippen molar-refractivity contribution in [3.05, 3.63) is 82.2 Å². The second-order valence-corrected chi connectivity index (χ2v) is 4.55. The predicted molar refractivity (Wildman–Crippen MR) is 74.9 cm³/mol. The molecule has 3 rings (SSSR count). The Bertz CT molecular complexity index is 632. The molecule has 0 amide bonds. The van der Waals surface area contributed by atoms with Gasteiger partial charge in [0.25, 0.3) is 6.04 Å². The summed E-state index contributed by atoms with van der Waals surface area (Å²) in [7, 11) is 0. The normalized spacial score (nSPS) is 16.9. The van der Waals surface area contributed by atoms with E-state index in [1.807, 2.05) is 18.2 Å². The number of hydrogen-bond acceptors (Lipinski definition) is 0. The quantitative estimate of drug-likeness (QED) is 0.534. The largest absolute Gasteiger partial charge is 0.308 e. The first-order valence-corrected chi connectivity index (χ1v) is 6.09. The molecule has 18 heavy (non-hydrogen) atoms. The van der Waals surface area contributed by atoms with Gasteiger partial charge in [-0.2, -0.15) is 0 Å². The number of rotatable bonds is 2. The summed E-state index contributed by atoms with van der Waals surface area (Å²) in [5.74, 6) is 0. The van der Waals surface area contributed by atoms with Crippen molar-refractivity contribution in [2.75, 3.05) is 0 Å². The van der Waals surface area contributed by atoms with Crippen LogP contribution in [-0.4, -0.2) is 0 Å². The van der Waals surface area contributed by atoms with Crippen molar-refractivity contribution in [2.45, 2.75) is 12.5 Å². The molecule has 2 aromatic carbocycles. The van der Waals surface area contributed by atoms with Gasteiger partial charge in [-0.25, -0.2) is 6.57 Å². The van der Waals surface area contributed by atoms with Gasteiger partial charge in [0.1, 0.15) is 0 Å². The van der Waals surface area contributed by atoms with Gasteiger partial charge in [-0.3, -0.25) is 0 Å². The fourth-order valence-electron chi connectivity index (χ4n) is 2.27. The number of fused-ring (bicyclic) bond motifs is 1. The maximum absolute atomic E-state index is 7.10. The Morgan fingerprint density at radius 2 is 1.78 bits per heavy atom. The van der Waals surface area contributed by atoms with E-state index in [1.54, 1.807) is 0 Å². The van der Waals surface area contributed by atoms with Gasteiger partial charge in [-0.15, -0.1) is 0 Å². The van der Waals surface area contributed by atoms with E-state index >= 15 is 0 Å². The van der Waals surface area contributed by atoms with E-state index in [9.17, 15) is 0 Å². The molecular formula is C17H13N. The lowest BCUT2D eigenvalue weighted by Crippen LogP contribution is -2.13.